The maximum atomic E-state index is 12.6. The minimum atomic E-state index is -0.467. The number of nitrogens with one attached hydrogen (secondary N) is 2. The van der Waals surface area contributed by atoms with Crippen molar-refractivity contribution < 1.29 is 14.3 Å². The fourth-order valence-corrected chi connectivity index (χ4v) is 2.93. The van der Waals surface area contributed by atoms with Crippen LogP contribution in [-0.4, -0.2) is 34.2 Å². The summed E-state index contributed by atoms with van der Waals surface area (Å²) in [5.41, 5.74) is 2.33. The Labute approximate surface area is 171 Å². The van der Waals surface area contributed by atoms with E-state index in [-0.39, 0.29) is 5.69 Å². The Morgan fingerprint density at radius 1 is 0.867 bits per heavy atom. The molecule has 2 heterocycles. The van der Waals surface area contributed by atoms with Crippen LogP contribution in [0.2, 0.25) is 0 Å². The Morgan fingerprint density at radius 2 is 1.67 bits per heavy atom. The van der Waals surface area contributed by atoms with E-state index in [9.17, 15) is 9.59 Å². The molecule has 0 bridgehead atoms. The van der Waals surface area contributed by atoms with Crippen LogP contribution < -0.4 is 10.6 Å². The number of aromatic nitrogens is 3. The van der Waals surface area contributed by atoms with Gasteiger partial charge in [-0.1, -0.05) is 30.3 Å². The van der Waals surface area contributed by atoms with E-state index < -0.39 is 11.9 Å². The summed E-state index contributed by atoms with van der Waals surface area (Å²) in [5, 5.41) is 14.8. The number of hydrogen-bond donors (Lipinski definition) is 2. The molecule has 2 N–H and O–H groups in total. The number of carbonyl (C=O) groups is 2. The van der Waals surface area contributed by atoms with Crippen LogP contribution in [0.5, 0.6) is 0 Å². The number of hydrogen-bond acceptors (Lipinski definition) is 7. The number of benzene rings is 2. The molecule has 0 atom stereocenters. The first kappa shape index (κ1) is 19.0. The molecule has 2 aromatic heterocycles. The van der Waals surface area contributed by atoms with Crippen molar-refractivity contribution in [2.45, 2.75) is 0 Å². The van der Waals surface area contributed by atoms with Gasteiger partial charge in [-0.15, -0.1) is 10.2 Å². The van der Waals surface area contributed by atoms with Crippen LogP contribution in [0.1, 0.15) is 20.8 Å². The molecule has 0 saturated heterocycles. The van der Waals surface area contributed by atoms with Gasteiger partial charge in [0.2, 0.25) is 0 Å². The highest BCUT2D eigenvalue weighted by Gasteiger charge is 2.14. The van der Waals surface area contributed by atoms with Crippen molar-refractivity contribution >= 4 is 40.0 Å². The minimum Gasteiger partial charge on any atom is -0.465 e. The molecule has 0 spiro atoms. The predicted octanol–water partition coefficient (Wildman–Crippen LogP) is 3.81. The first-order valence-corrected chi connectivity index (χ1v) is 9.09. The zero-order valence-corrected chi connectivity index (χ0v) is 16.0. The summed E-state index contributed by atoms with van der Waals surface area (Å²) < 4.78 is 4.78. The molecule has 0 aliphatic rings. The largest absolute Gasteiger partial charge is 0.465 e. The predicted molar refractivity (Wildman–Crippen MR) is 113 cm³/mol. The molecule has 0 saturated carbocycles. The van der Waals surface area contributed by atoms with Crippen LogP contribution in [-0.2, 0) is 4.74 Å². The quantitative estimate of drug-likeness (QED) is 0.492. The van der Waals surface area contributed by atoms with Crippen molar-refractivity contribution in [1.29, 1.82) is 0 Å². The number of amides is 1. The lowest BCUT2D eigenvalue weighted by Gasteiger charge is -2.10. The second-order valence-electron chi connectivity index (χ2n) is 6.30. The lowest BCUT2D eigenvalue weighted by Crippen LogP contribution is -2.15. The van der Waals surface area contributed by atoms with Crippen molar-refractivity contribution in [1.82, 2.24) is 15.2 Å². The molecule has 4 aromatic rings. The molecule has 148 valence electrons. The van der Waals surface area contributed by atoms with Gasteiger partial charge in [-0.05, 0) is 36.4 Å². The third-order valence-corrected chi connectivity index (χ3v) is 4.37. The standard InChI is InChI=1S/C22H17N5O3/c1-30-22(29)15-8-2-3-9-16(15)24-19-12-11-18(26-27-19)21(28)25-17-10-4-6-14-7-5-13-23-20(14)17/h2-13H,1H3,(H,24,27)(H,25,28). The number of esters is 1. The molecule has 0 aliphatic carbocycles. The third-order valence-electron chi connectivity index (χ3n) is 4.37. The second-order valence-corrected chi connectivity index (χ2v) is 6.30. The Bertz CT molecular complexity index is 1220. The molecule has 30 heavy (non-hydrogen) atoms. The van der Waals surface area contributed by atoms with Gasteiger partial charge in [0.1, 0.15) is 0 Å². The number of anilines is 3. The lowest BCUT2D eigenvalue weighted by molar-refractivity contribution is 0.0601. The van der Waals surface area contributed by atoms with Crippen molar-refractivity contribution in [3.8, 4) is 0 Å². The van der Waals surface area contributed by atoms with Gasteiger partial charge >= 0.3 is 5.97 Å². The highest BCUT2D eigenvalue weighted by atomic mass is 16.5. The third kappa shape index (κ3) is 3.93. The Balaban J connectivity index is 1.51. The highest BCUT2D eigenvalue weighted by molar-refractivity contribution is 6.07. The van der Waals surface area contributed by atoms with E-state index in [1.165, 1.54) is 7.11 Å². The van der Waals surface area contributed by atoms with Crippen LogP contribution in [0.3, 0.4) is 0 Å². The number of para-hydroxylation sites is 2. The average molecular weight is 399 g/mol. The van der Waals surface area contributed by atoms with Crippen LogP contribution in [0.4, 0.5) is 17.2 Å². The van der Waals surface area contributed by atoms with E-state index in [0.717, 1.165) is 5.39 Å². The SMILES string of the molecule is COC(=O)c1ccccc1Nc1ccc(C(=O)Nc2cccc3cccnc23)nn1. The first-order chi connectivity index (χ1) is 14.7. The fraction of sp³-hybridized carbons (Fsp3) is 0.0455. The van der Waals surface area contributed by atoms with Gasteiger partial charge in [-0.25, -0.2) is 4.79 Å². The van der Waals surface area contributed by atoms with Gasteiger partial charge in [-0.3, -0.25) is 9.78 Å². The second kappa shape index (κ2) is 8.36. The van der Waals surface area contributed by atoms with Gasteiger partial charge in [-0.2, -0.15) is 0 Å². The van der Waals surface area contributed by atoms with Crippen LogP contribution in [0, 0.1) is 0 Å². The molecule has 0 radical (unpaired) electrons. The van der Waals surface area contributed by atoms with Gasteiger partial charge in [0, 0.05) is 11.6 Å². The molecule has 8 heteroatoms. The number of nitrogens with zero attached hydrogens (tertiary/aromatic N) is 3. The van der Waals surface area contributed by atoms with Crippen molar-refractivity contribution in [2.75, 3.05) is 17.7 Å². The summed E-state index contributed by atoms with van der Waals surface area (Å²) in [5.74, 6) is -0.484. The van der Waals surface area contributed by atoms with Gasteiger partial charge in [0.05, 0.1) is 29.6 Å². The molecule has 2 aromatic carbocycles. The Morgan fingerprint density at radius 3 is 2.47 bits per heavy atom. The number of carbonyl (C=O) groups excluding carboxylic acids is 2. The molecule has 4 rings (SSSR count). The summed E-state index contributed by atoms with van der Waals surface area (Å²) in [7, 11) is 1.32. The van der Waals surface area contributed by atoms with Crippen LogP contribution >= 0.6 is 0 Å². The summed E-state index contributed by atoms with van der Waals surface area (Å²) >= 11 is 0. The number of ether oxygens (including phenoxy) is 1. The normalized spacial score (nSPS) is 10.4. The smallest absolute Gasteiger partial charge is 0.339 e. The van der Waals surface area contributed by atoms with Gasteiger partial charge in [0.15, 0.2) is 11.5 Å². The van der Waals surface area contributed by atoms with Crippen molar-refractivity contribution in [3.05, 3.63) is 84.2 Å². The van der Waals surface area contributed by atoms with E-state index in [2.05, 4.69) is 25.8 Å². The maximum Gasteiger partial charge on any atom is 0.339 e. The minimum absolute atomic E-state index is 0.148. The number of methoxy groups -OCH3 is 1. The van der Waals surface area contributed by atoms with E-state index in [0.29, 0.717) is 28.3 Å². The van der Waals surface area contributed by atoms with Gasteiger partial charge < -0.3 is 15.4 Å². The van der Waals surface area contributed by atoms with E-state index >= 15 is 0 Å². The lowest BCUT2D eigenvalue weighted by atomic mass is 10.2. The van der Waals surface area contributed by atoms with Gasteiger partial charge in [0.25, 0.3) is 5.91 Å². The van der Waals surface area contributed by atoms with Crippen molar-refractivity contribution in [2.24, 2.45) is 0 Å². The van der Waals surface area contributed by atoms with E-state index in [4.69, 9.17) is 4.74 Å². The molecular formula is C22H17N5O3. The molecular weight excluding hydrogens is 382 g/mol. The maximum absolute atomic E-state index is 12.6. The zero-order chi connectivity index (χ0) is 20.9. The first-order valence-electron chi connectivity index (χ1n) is 9.09. The fourth-order valence-electron chi connectivity index (χ4n) is 2.93. The van der Waals surface area contributed by atoms with Crippen LogP contribution in [0.25, 0.3) is 10.9 Å². The zero-order valence-electron chi connectivity index (χ0n) is 16.0. The van der Waals surface area contributed by atoms with E-state index in [1.54, 1.807) is 48.7 Å². The summed E-state index contributed by atoms with van der Waals surface area (Å²) in [6, 6.07) is 19.3. The Hall–Kier alpha value is -4.33. The summed E-state index contributed by atoms with van der Waals surface area (Å²) in [6.45, 7) is 0. The molecule has 8 nitrogen and oxygen atoms in total. The van der Waals surface area contributed by atoms with Crippen LogP contribution in [0.15, 0.2) is 72.9 Å². The summed E-state index contributed by atoms with van der Waals surface area (Å²) in [6.07, 6.45) is 1.67. The number of rotatable bonds is 5. The highest BCUT2D eigenvalue weighted by Crippen LogP contribution is 2.22. The molecule has 1 amide bonds. The molecule has 0 unspecified atom stereocenters. The number of pyridine rings is 1. The molecule has 0 aliphatic heterocycles. The topological polar surface area (TPSA) is 106 Å². The van der Waals surface area contributed by atoms with Crippen molar-refractivity contribution in [3.63, 3.8) is 0 Å². The Kier molecular flexibility index (Phi) is 5.29. The molecule has 0 fully saturated rings. The number of fused-ring (bicyclic) bond motifs is 1. The summed E-state index contributed by atoms with van der Waals surface area (Å²) in [4.78, 5) is 28.8. The average Bonchev–Trinajstić information content (AvgIpc) is 2.79. The van der Waals surface area contributed by atoms with E-state index in [1.807, 2.05) is 24.3 Å². The monoisotopic (exact) mass is 399 g/mol.